The zero-order valence-electron chi connectivity index (χ0n) is 12.0. The summed E-state index contributed by atoms with van der Waals surface area (Å²) in [5.74, 6) is 1.70. The van der Waals surface area contributed by atoms with E-state index in [0.717, 1.165) is 11.5 Å². The van der Waals surface area contributed by atoms with Gasteiger partial charge in [-0.15, -0.1) is 11.6 Å². The Hall–Kier alpha value is -1.88. The molecule has 0 saturated carbocycles. The van der Waals surface area contributed by atoms with E-state index in [-0.39, 0.29) is 11.2 Å². The summed E-state index contributed by atoms with van der Waals surface area (Å²) in [6, 6.07) is 4.49. The molecule has 0 spiro atoms. The summed E-state index contributed by atoms with van der Waals surface area (Å²) in [5, 5.41) is -0.294. The molecule has 2 heterocycles. The van der Waals surface area contributed by atoms with Crippen molar-refractivity contribution >= 4 is 22.6 Å². The minimum absolute atomic E-state index is 0.294. The number of alkyl halides is 1. The lowest BCUT2D eigenvalue weighted by atomic mass is 10.3. The molecule has 21 heavy (non-hydrogen) atoms. The second-order valence-corrected chi connectivity index (χ2v) is 5.71. The van der Waals surface area contributed by atoms with Crippen LogP contribution in [-0.2, 0) is 6.54 Å². The van der Waals surface area contributed by atoms with Crippen molar-refractivity contribution in [1.29, 1.82) is 0 Å². The predicted octanol–water partition coefficient (Wildman–Crippen LogP) is 4.13. The minimum atomic E-state index is -0.308. The topological polar surface area (TPSA) is 43.9 Å². The summed E-state index contributed by atoms with van der Waals surface area (Å²) in [6.45, 7) is 5.96. The fourth-order valence-electron chi connectivity index (χ4n) is 2.33. The summed E-state index contributed by atoms with van der Waals surface area (Å²) in [5.41, 5.74) is 2.24. The van der Waals surface area contributed by atoms with E-state index in [0.29, 0.717) is 29.3 Å². The number of oxazole rings is 1. The van der Waals surface area contributed by atoms with Gasteiger partial charge in [0, 0.05) is 0 Å². The molecule has 0 fully saturated rings. The van der Waals surface area contributed by atoms with Gasteiger partial charge in [-0.25, -0.2) is 14.4 Å². The first-order valence-electron chi connectivity index (χ1n) is 6.68. The van der Waals surface area contributed by atoms with E-state index in [2.05, 4.69) is 9.97 Å². The van der Waals surface area contributed by atoms with Crippen LogP contribution >= 0.6 is 11.6 Å². The van der Waals surface area contributed by atoms with Crippen LogP contribution in [0.1, 0.15) is 35.5 Å². The van der Waals surface area contributed by atoms with Crippen LogP contribution in [0.5, 0.6) is 0 Å². The van der Waals surface area contributed by atoms with Crippen LogP contribution in [0.3, 0.4) is 0 Å². The van der Waals surface area contributed by atoms with Crippen LogP contribution in [-0.4, -0.2) is 14.5 Å². The molecule has 0 aliphatic rings. The van der Waals surface area contributed by atoms with E-state index in [1.54, 1.807) is 6.07 Å². The SMILES string of the molecule is Cc1nc(Cn2c(C(C)Cl)nc3ccc(F)cc32)oc1C. The summed E-state index contributed by atoms with van der Waals surface area (Å²) in [4.78, 5) is 8.84. The molecule has 110 valence electrons. The lowest BCUT2D eigenvalue weighted by molar-refractivity contribution is 0.455. The molecule has 0 aliphatic heterocycles. The van der Waals surface area contributed by atoms with Gasteiger partial charge < -0.3 is 8.98 Å². The first-order chi connectivity index (χ1) is 9.95. The highest BCUT2D eigenvalue weighted by Crippen LogP contribution is 2.26. The average molecular weight is 308 g/mol. The number of fused-ring (bicyclic) bond motifs is 1. The number of hydrogen-bond acceptors (Lipinski definition) is 3. The number of halogens is 2. The van der Waals surface area contributed by atoms with Gasteiger partial charge in [0.15, 0.2) is 0 Å². The van der Waals surface area contributed by atoms with E-state index < -0.39 is 0 Å². The maximum atomic E-state index is 13.5. The van der Waals surface area contributed by atoms with Crippen molar-refractivity contribution in [1.82, 2.24) is 14.5 Å². The Morgan fingerprint density at radius 1 is 1.33 bits per heavy atom. The van der Waals surface area contributed by atoms with Gasteiger partial charge in [0.1, 0.15) is 23.9 Å². The fraction of sp³-hybridized carbons (Fsp3) is 0.333. The molecule has 1 aromatic carbocycles. The third-order valence-corrected chi connectivity index (χ3v) is 3.66. The smallest absolute Gasteiger partial charge is 0.214 e. The predicted molar refractivity (Wildman–Crippen MR) is 79.0 cm³/mol. The van der Waals surface area contributed by atoms with Crippen molar-refractivity contribution in [2.75, 3.05) is 0 Å². The summed E-state index contributed by atoms with van der Waals surface area (Å²) in [7, 11) is 0. The highest BCUT2D eigenvalue weighted by molar-refractivity contribution is 6.20. The molecule has 1 atom stereocenters. The highest BCUT2D eigenvalue weighted by Gasteiger charge is 2.17. The Kier molecular flexibility index (Phi) is 3.45. The molecule has 6 heteroatoms. The van der Waals surface area contributed by atoms with Crippen LogP contribution in [0.15, 0.2) is 22.6 Å². The Morgan fingerprint density at radius 2 is 2.10 bits per heavy atom. The second-order valence-electron chi connectivity index (χ2n) is 5.05. The molecule has 0 bridgehead atoms. The van der Waals surface area contributed by atoms with Gasteiger partial charge in [-0.05, 0) is 39.0 Å². The van der Waals surface area contributed by atoms with Crippen molar-refractivity contribution in [2.24, 2.45) is 0 Å². The Balaban J connectivity index is 2.14. The number of nitrogens with zero attached hydrogens (tertiary/aromatic N) is 3. The highest BCUT2D eigenvalue weighted by atomic mass is 35.5. The normalized spacial score (nSPS) is 13.0. The van der Waals surface area contributed by atoms with Crippen LogP contribution in [0, 0.1) is 19.7 Å². The van der Waals surface area contributed by atoms with Crippen molar-refractivity contribution in [3.05, 3.63) is 47.2 Å². The van der Waals surface area contributed by atoms with Crippen LogP contribution in [0.2, 0.25) is 0 Å². The van der Waals surface area contributed by atoms with Gasteiger partial charge >= 0.3 is 0 Å². The maximum Gasteiger partial charge on any atom is 0.214 e. The quantitative estimate of drug-likeness (QED) is 0.683. The second kappa shape index (κ2) is 5.15. The molecule has 0 radical (unpaired) electrons. The number of hydrogen-bond donors (Lipinski definition) is 0. The molecule has 0 aliphatic carbocycles. The number of rotatable bonds is 3. The van der Waals surface area contributed by atoms with Crippen LogP contribution in [0.25, 0.3) is 11.0 Å². The molecule has 2 aromatic heterocycles. The number of aryl methyl sites for hydroxylation is 2. The molecular formula is C15H15ClFN3O. The van der Waals surface area contributed by atoms with Gasteiger partial charge in [-0.3, -0.25) is 0 Å². The van der Waals surface area contributed by atoms with Gasteiger partial charge in [-0.2, -0.15) is 0 Å². The molecule has 1 unspecified atom stereocenters. The molecule has 3 rings (SSSR count). The average Bonchev–Trinajstić information content (AvgIpc) is 2.92. The Bertz CT molecular complexity index is 787. The third kappa shape index (κ3) is 2.53. The van der Waals surface area contributed by atoms with E-state index in [1.807, 2.05) is 25.3 Å². The van der Waals surface area contributed by atoms with Crippen molar-refractivity contribution in [3.63, 3.8) is 0 Å². The Morgan fingerprint density at radius 3 is 2.71 bits per heavy atom. The summed E-state index contributed by atoms with van der Waals surface area (Å²) < 4.78 is 21.0. The number of aromatic nitrogens is 3. The Labute approximate surface area is 126 Å². The first kappa shape index (κ1) is 14.1. The van der Waals surface area contributed by atoms with Gasteiger partial charge in [-0.1, -0.05) is 0 Å². The minimum Gasteiger partial charge on any atom is -0.444 e. The zero-order valence-corrected chi connectivity index (χ0v) is 12.8. The molecule has 4 nitrogen and oxygen atoms in total. The molecule has 0 saturated heterocycles. The maximum absolute atomic E-state index is 13.5. The van der Waals surface area contributed by atoms with Crippen molar-refractivity contribution < 1.29 is 8.81 Å². The van der Waals surface area contributed by atoms with Gasteiger partial charge in [0.2, 0.25) is 5.89 Å². The zero-order chi connectivity index (χ0) is 15.1. The lowest BCUT2D eigenvalue weighted by Crippen LogP contribution is -2.06. The number of benzene rings is 1. The molecule has 0 N–H and O–H groups in total. The first-order valence-corrected chi connectivity index (χ1v) is 7.12. The van der Waals surface area contributed by atoms with Gasteiger partial charge in [0.05, 0.1) is 22.1 Å². The largest absolute Gasteiger partial charge is 0.444 e. The van der Waals surface area contributed by atoms with E-state index >= 15 is 0 Å². The van der Waals surface area contributed by atoms with Gasteiger partial charge in [0.25, 0.3) is 0 Å². The third-order valence-electron chi connectivity index (χ3n) is 3.46. The molecule has 0 amide bonds. The van der Waals surface area contributed by atoms with E-state index in [1.165, 1.54) is 12.1 Å². The fourth-order valence-corrected chi connectivity index (χ4v) is 2.49. The summed E-state index contributed by atoms with van der Waals surface area (Å²) >= 11 is 6.19. The molecule has 3 aromatic rings. The van der Waals surface area contributed by atoms with Crippen LogP contribution in [0.4, 0.5) is 4.39 Å². The lowest BCUT2D eigenvalue weighted by Gasteiger charge is -2.08. The number of imidazole rings is 1. The standard InChI is InChI=1S/C15H15ClFN3O/c1-8(16)15-19-12-5-4-11(17)6-13(12)20(15)7-14-18-9(2)10(3)21-14/h4-6,8H,7H2,1-3H3. The summed E-state index contributed by atoms with van der Waals surface area (Å²) in [6.07, 6.45) is 0. The van der Waals surface area contributed by atoms with Crippen LogP contribution < -0.4 is 0 Å². The van der Waals surface area contributed by atoms with E-state index in [4.69, 9.17) is 16.0 Å². The molecular weight excluding hydrogens is 293 g/mol. The van der Waals surface area contributed by atoms with Crippen molar-refractivity contribution in [3.8, 4) is 0 Å². The van der Waals surface area contributed by atoms with E-state index in [9.17, 15) is 4.39 Å². The monoisotopic (exact) mass is 307 g/mol. The van der Waals surface area contributed by atoms with Crippen molar-refractivity contribution in [2.45, 2.75) is 32.7 Å².